The summed E-state index contributed by atoms with van der Waals surface area (Å²) in [5.74, 6) is -0.0900. The first-order valence-corrected chi connectivity index (χ1v) is 6.91. The van der Waals surface area contributed by atoms with Crippen LogP contribution in [0, 0.1) is 5.92 Å². The van der Waals surface area contributed by atoms with Gasteiger partial charge in [0.15, 0.2) is 0 Å². The van der Waals surface area contributed by atoms with E-state index in [1.54, 1.807) is 7.05 Å². The van der Waals surface area contributed by atoms with E-state index in [1.807, 2.05) is 13.8 Å². The zero-order valence-corrected chi connectivity index (χ0v) is 11.2. The maximum atomic E-state index is 11.7. The molecule has 0 spiro atoms. The molecule has 0 atom stereocenters. The van der Waals surface area contributed by atoms with Crippen molar-refractivity contribution in [2.24, 2.45) is 5.92 Å². The van der Waals surface area contributed by atoms with Crippen LogP contribution < -0.4 is 0 Å². The molecule has 5 nitrogen and oxygen atoms in total. The van der Waals surface area contributed by atoms with Crippen LogP contribution in [0.1, 0.15) is 26.7 Å². The Kier molecular flexibility index (Phi) is 6.59. The molecule has 0 aliphatic rings. The summed E-state index contributed by atoms with van der Waals surface area (Å²) in [6, 6.07) is 0. The molecular formula is C10H21NO4S. The van der Waals surface area contributed by atoms with Gasteiger partial charge in [0, 0.05) is 20.0 Å². The number of nitrogens with zero attached hydrogens (tertiary/aromatic N) is 1. The van der Waals surface area contributed by atoms with Gasteiger partial charge in [-0.1, -0.05) is 13.8 Å². The van der Waals surface area contributed by atoms with Crippen LogP contribution in [-0.2, 0) is 19.6 Å². The third-order valence-corrected chi connectivity index (χ3v) is 4.01. The minimum absolute atomic E-state index is 0.00861. The third-order valence-electron chi connectivity index (χ3n) is 2.11. The van der Waals surface area contributed by atoms with Crippen LogP contribution >= 0.6 is 0 Å². The van der Waals surface area contributed by atoms with Gasteiger partial charge in [0.05, 0.1) is 12.9 Å². The Bertz CT molecular complexity index is 311. The summed E-state index contributed by atoms with van der Waals surface area (Å²) in [5, 5.41) is 0. The summed E-state index contributed by atoms with van der Waals surface area (Å²) in [5.41, 5.74) is 0. The van der Waals surface area contributed by atoms with Gasteiger partial charge in [-0.15, -0.1) is 0 Å². The lowest BCUT2D eigenvalue weighted by Crippen LogP contribution is -2.32. The number of carbonyl (C=O) groups is 1. The van der Waals surface area contributed by atoms with Gasteiger partial charge in [0.2, 0.25) is 10.0 Å². The maximum Gasteiger partial charge on any atom is 0.305 e. The molecule has 0 aliphatic heterocycles. The van der Waals surface area contributed by atoms with Crippen LogP contribution in [0.4, 0.5) is 0 Å². The van der Waals surface area contributed by atoms with Crippen molar-refractivity contribution in [2.45, 2.75) is 26.7 Å². The normalized spacial score (nSPS) is 12.1. The van der Waals surface area contributed by atoms with Crippen LogP contribution in [0.3, 0.4) is 0 Å². The van der Waals surface area contributed by atoms with Gasteiger partial charge in [0.1, 0.15) is 0 Å². The first-order chi connectivity index (χ1) is 7.29. The van der Waals surface area contributed by atoms with Crippen molar-refractivity contribution in [3.8, 4) is 0 Å². The average Bonchev–Trinajstić information content (AvgIpc) is 2.16. The Balaban J connectivity index is 4.10. The second kappa shape index (κ2) is 6.85. The lowest BCUT2D eigenvalue weighted by molar-refractivity contribution is -0.140. The number of esters is 1. The van der Waals surface area contributed by atoms with E-state index >= 15 is 0 Å². The second-order valence-electron chi connectivity index (χ2n) is 4.17. The predicted octanol–water partition coefficient (Wildman–Crippen LogP) is 0.857. The summed E-state index contributed by atoms with van der Waals surface area (Å²) >= 11 is 0. The number of ether oxygens (including phenoxy) is 1. The number of hydrogen-bond acceptors (Lipinski definition) is 4. The zero-order valence-electron chi connectivity index (χ0n) is 10.4. The van der Waals surface area contributed by atoms with E-state index in [9.17, 15) is 13.2 Å². The first-order valence-electron chi connectivity index (χ1n) is 5.30. The van der Waals surface area contributed by atoms with Crippen LogP contribution in [0.25, 0.3) is 0 Å². The molecular weight excluding hydrogens is 230 g/mol. The van der Waals surface area contributed by atoms with E-state index in [1.165, 1.54) is 11.4 Å². The van der Waals surface area contributed by atoms with Crippen molar-refractivity contribution in [3.05, 3.63) is 0 Å². The molecule has 0 saturated heterocycles. The Morgan fingerprint density at radius 3 is 2.38 bits per heavy atom. The molecule has 0 unspecified atom stereocenters. The molecule has 16 heavy (non-hydrogen) atoms. The van der Waals surface area contributed by atoms with E-state index in [4.69, 9.17) is 0 Å². The van der Waals surface area contributed by atoms with Crippen LogP contribution in [0.15, 0.2) is 0 Å². The molecule has 0 amide bonds. The van der Waals surface area contributed by atoms with Crippen molar-refractivity contribution in [2.75, 3.05) is 26.5 Å². The van der Waals surface area contributed by atoms with Gasteiger partial charge < -0.3 is 4.74 Å². The third kappa shape index (κ3) is 6.07. The molecule has 96 valence electrons. The highest BCUT2D eigenvalue weighted by Gasteiger charge is 2.18. The van der Waals surface area contributed by atoms with Crippen molar-refractivity contribution < 1.29 is 17.9 Å². The van der Waals surface area contributed by atoms with Gasteiger partial charge in [-0.25, -0.2) is 12.7 Å². The van der Waals surface area contributed by atoms with E-state index in [0.717, 1.165) is 0 Å². The second-order valence-corrected chi connectivity index (χ2v) is 6.37. The zero-order chi connectivity index (χ0) is 12.8. The molecule has 0 fully saturated rings. The highest BCUT2D eigenvalue weighted by molar-refractivity contribution is 7.89. The average molecular weight is 251 g/mol. The monoisotopic (exact) mass is 251 g/mol. The molecule has 0 aliphatic carbocycles. The Morgan fingerprint density at radius 2 is 1.94 bits per heavy atom. The standard InChI is InChI=1S/C10H21NO4S/c1-9(2)8-11(3)16(13,14)7-5-6-10(12)15-4/h9H,5-8H2,1-4H3. The molecule has 0 radical (unpaired) electrons. The van der Waals surface area contributed by atoms with Gasteiger partial charge in [-0.05, 0) is 12.3 Å². The number of carbonyl (C=O) groups excluding carboxylic acids is 1. The van der Waals surface area contributed by atoms with E-state index < -0.39 is 10.0 Å². The first kappa shape index (κ1) is 15.4. The van der Waals surface area contributed by atoms with Crippen LogP contribution in [-0.4, -0.2) is 45.1 Å². The Hall–Kier alpha value is -0.620. The van der Waals surface area contributed by atoms with E-state index in [-0.39, 0.29) is 18.1 Å². The number of rotatable bonds is 7. The highest BCUT2D eigenvalue weighted by atomic mass is 32.2. The SMILES string of the molecule is COC(=O)CCCS(=O)(=O)N(C)CC(C)C. The van der Waals surface area contributed by atoms with E-state index in [2.05, 4.69) is 4.74 Å². The summed E-state index contributed by atoms with van der Waals surface area (Å²) < 4.78 is 29.2. The van der Waals surface area contributed by atoms with Crippen molar-refractivity contribution in [1.82, 2.24) is 4.31 Å². The number of hydrogen-bond donors (Lipinski definition) is 0. The van der Waals surface area contributed by atoms with Crippen molar-refractivity contribution >= 4 is 16.0 Å². The summed E-state index contributed by atoms with van der Waals surface area (Å²) in [7, 11) is -0.377. The Labute approximate surface area is 97.8 Å². The summed E-state index contributed by atoms with van der Waals surface area (Å²) in [6.07, 6.45) is 0.447. The fourth-order valence-corrected chi connectivity index (χ4v) is 2.63. The summed E-state index contributed by atoms with van der Waals surface area (Å²) in [4.78, 5) is 10.8. The minimum Gasteiger partial charge on any atom is -0.469 e. The quantitative estimate of drug-likeness (QED) is 0.629. The topological polar surface area (TPSA) is 63.7 Å². The molecule has 6 heteroatoms. The number of methoxy groups -OCH3 is 1. The molecule has 0 rings (SSSR count). The lowest BCUT2D eigenvalue weighted by atomic mass is 10.2. The molecule has 0 heterocycles. The Morgan fingerprint density at radius 1 is 1.38 bits per heavy atom. The van der Waals surface area contributed by atoms with Gasteiger partial charge in [-0.3, -0.25) is 4.79 Å². The van der Waals surface area contributed by atoms with Gasteiger partial charge in [0.25, 0.3) is 0 Å². The molecule has 0 aromatic carbocycles. The van der Waals surface area contributed by atoms with Gasteiger partial charge in [-0.2, -0.15) is 0 Å². The van der Waals surface area contributed by atoms with Crippen LogP contribution in [0.2, 0.25) is 0 Å². The smallest absolute Gasteiger partial charge is 0.305 e. The fraction of sp³-hybridized carbons (Fsp3) is 0.900. The van der Waals surface area contributed by atoms with Crippen LogP contribution in [0.5, 0.6) is 0 Å². The molecule has 0 saturated carbocycles. The number of sulfonamides is 1. The van der Waals surface area contributed by atoms with Gasteiger partial charge >= 0.3 is 5.97 Å². The molecule has 0 bridgehead atoms. The summed E-state index contributed by atoms with van der Waals surface area (Å²) in [6.45, 7) is 4.42. The maximum absolute atomic E-state index is 11.7. The molecule has 0 aromatic rings. The molecule has 0 aromatic heterocycles. The largest absolute Gasteiger partial charge is 0.469 e. The molecule has 0 N–H and O–H groups in total. The predicted molar refractivity (Wildman–Crippen MR) is 62.5 cm³/mol. The van der Waals surface area contributed by atoms with Crippen molar-refractivity contribution in [3.63, 3.8) is 0 Å². The van der Waals surface area contributed by atoms with E-state index in [0.29, 0.717) is 18.9 Å². The minimum atomic E-state index is -3.23. The van der Waals surface area contributed by atoms with Crippen molar-refractivity contribution in [1.29, 1.82) is 0 Å². The fourth-order valence-electron chi connectivity index (χ4n) is 1.28. The lowest BCUT2D eigenvalue weighted by Gasteiger charge is -2.18. The highest BCUT2D eigenvalue weighted by Crippen LogP contribution is 2.06.